The summed E-state index contributed by atoms with van der Waals surface area (Å²) in [5.74, 6) is -1.01. The van der Waals surface area contributed by atoms with Gasteiger partial charge in [-0.3, -0.25) is 14.6 Å². The van der Waals surface area contributed by atoms with Gasteiger partial charge < -0.3 is 10.2 Å². The maximum atomic E-state index is 12.9. The van der Waals surface area contributed by atoms with Crippen molar-refractivity contribution in [2.45, 2.75) is 32.1 Å². The third kappa shape index (κ3) is 4.68. The van der Waals surface area contributed by atoms with Crippen molar-refractivity contribution in [2.75, 3.05) is 6.54 Å². The molecule has 0 radical (unpaired) electrons. The van der Waals surface area contributed by atoms with Crippen molar-refractivity contribution in [2.24, 2.45) is 5.92 Å². The Balaban J connectivity index is 1.61. The molecule has 0 spiro atoms. The van der Waals surface area contributed by atoms with Crippen molar-refractivity contribution in [3.63, 3.8) is 0 Å². The quantitative estimate of drug-likeness (QED) is 0.851. The van der Waals surface area contributed by atoms with E-state index >= 15 is 0 Å². The summed E-state index contributed by atoms with van der Waals surface area (Å²) in [6.07, 6.45) is -1.12. The first kappa shape index (κ1) is 19.9. The zero-order chi connectivity index (χ0) is 20.3. The first-order valence-electron chi connectivity index (χ1n) is 8.88. The molecule has 2 aromatic rings. The number of likely N-dealkylation sites (tertiary alicyclic amines) is 1. The van der Waals surface area contributed by atoms with Crippen molar-refractivity contribution in [3.8, 4) is 0 Å². The molecule has 8 heteroatoms. The highest BCUT2D eigenvalue weighted by molar-refractivity contribution is 5.89. The number of pyridine rings is 1. The van der Waals surface area contributed by atoms with Crippen molar-refractivity contribution in [1.82, 2.24) is 15.2 Å². The second kappa shape index (κ2) is 8.00. The van der Waals surface area contributed by atoms with Crippen LogP contribution in [0.1, 0.15) is 36.1 Å². The highest BCUT2D eigenvalue weighted by atomic mass is 19.4. The number of amides is 2. The third-order valence-electron chi connectivity index (χ3n) is 4.78. The maximum Gasteiger partial charge on any atom is 0.416 e. The maximum absolute atomic E-state index is 12.9. The van der Waals surface area contributed by atoms with Gasteiger partial charge in [-0.25, -0.2) is 0 Å². The van der Waals surface area contributed by atoms with Crippen LogP contribution in [0.5, 0.6) is 0 Å². The van der Waals surface area contributed by atoms with Gasteiger partial charge in [0.2, 0.25) is 11.8 Å². The number of aromatic nitrogens is 1. The van der Waals surface area contributed by atoms with Gasteiger partial charge in [-0.1, -0.05) is 12.1 Å². The van der Waals surface area contributed by atoms with E-state index in [9.17, 15) is 22.8 Å². The van der Waals surface area contributed by atoms with Gasteiger partial charge in [0.1, 0.15) is 0 Å². The molecule has 0 bridgehead atoms. The van der Waals surface area contributed by atoms with Gasteiger partial charge in [-0.05, 0) is 42.3 Å². The van der Waals surface area contributed by atoms with Gasteiger partial charge in [0.15, 0.2) is 0 Å². The zero-order valence-corrected chi connectivity index (χ0v) is 15.2. The van der Waals surface area contributed by atoms with E-state index in [1.165, 1.54) is 11.0 Å². The van der Waals surface area contributed by atoms with Crippen molar-refractivity contribution < 1.29 is 22.8 Å². The lowest BCUT2D eigenvalue weighted by molar-refractivity contribution is -0.137. The molecular weight excluding hydrogens is 371 g/mol. The summed E-state index contributed by atoms with van der Waals surface area (Å²) >= 11 is 0. The fraction of sp³-hybridized carbons (Fsp3) is 0.350. The Hall–Kier alpha value is -2.90. The number of hydrogen-bond acceptors (Lipinski definition) is 3. The van der Waals surface area contributed by atoms with Crippen LogP contribution < -0.4 is 5.32 Å². The predicted octanol–water partition coefficient (Wildman–Crippen LogP) is 3.33. The molecule has 28 heavy (non-hydrogen) atoms. The highest BCUT2D eigenvalue weighted by Crippen LogP contribution is 2.30. The summed E-state index contributed by atoms with van der Waals surface area (Å²) in [6, 6.07) is 8.25. The molecule has 1 fully saturated rings. The van der Waals surface area contributed by atoms with E-state index in [1.807, 2.05) is 6.92 Å². The summed E-state index contributed by atoms with van der Waals surface area (Å²) in [6.45, 7) is 2.07. The lowest BCUT2D eigenvalue weighted by Crippen LogP contribution is -2.34. The highest BCUT2D eigenvalue weighted by Gasteiger charge is 2.35. The van der Waals surface area contributed by atoms with E-state index in [0.717, 1.165) is 17.7 Å². The Labute approximate surface area is 160 Å². The smallest absolute Gasteiger partial charge is 0.349 e. The molecule has 1 aliphatic heterocycles. The number of halogens is 3. The minimum atomic E-state index is -4.43. The summed E-state index contributed by atoms with van der Waals surface area (Å²) < 4.78 is 38.6. The molecule has 3 rings (SSSR count). The van der Waals surface area contributed by atoms with Crippen molar-refractivity contribution >= 4 is 11.8 Å². The summed E-state index contributed by atoms with van der Waals surface area (Å²) in [4.78, 5) is 30.1. The number of hydrogen-bond donors (Lipinski definition) is 1. The molecule has 2 unspecified atom stereocenters. The van der Waals surface area contributed by atoms with Crippen LogP contribution in [0.3, 0.4) is 0 Å². The van der Waals surface area contributed by atoms with Crippen LogP contribution in [-0.4, -0.2) is 28.2 Å². The molecule has 2 heterocycles. The molecule has 148 valence electrons. The van der Waals surface area contributed by atoms with E-state index in [-0.39, 0.29) is 37.4 Å². The number of carbonyl (C=O) groups is 2. The Morgan fingerprint density at radius 2 is 2.00 bits per heavy atom. The monoisotopic (exact) mass is 391 g/mol. The first-order chi connectivity index (χ1) is 13.2. The Morgan fingerprint density at radius 3 is 2.68 bits per heavy atom. The molecule has 0 aliphatic carbocycles. The van der Waals surface area contributed by atoms with Gasteiger partial charge in [0.05, 0.1) is 17.5 Å². The number of nitrogens with one attached hydrogen (secondary N) is 1. The summed E-state index contributed by atoms with van der Waals surface area (Å²) in [7, 11) is 0. The largest absolute Gasteiger partial charge is 0.416 e. The van der Waals surface area contributed by atoms with Crippen molar-refractivity contribution in [3.05, 3.63) is 65.5 Å². The molecule has 1 saturated heterocycles. The fourth-order valence-electron chi connectivity index (χ4n) is 3.23. The molecule has 2 amide bonds. The van der Waals surface area contributed by atoms with Gasteiger partial charge in [0.25, 0.3) is 0 Å². The standard InChI is InChI=1S/C20H20F3N3O2/c1-13(15-5-7-24-8-6-15)25-19(28)16-10-18(27)26(12-16)11-14-3-2-4-17(9-14)20(21,22)23/h2-9,13,16H,10-12H2,1H3,(H,25,28). The molecule has 1 aliphatic rings. The van der Waals surface area contributed by atoms with Gasteiger partial charge >= 0.3 is 6.18 Å². The first-order valence-corrected chi connectivity index (χ1v) is 8.88. The Morgan fingerprint density at radius 1 is 1.29 bits per heavy atom. The Bertz CT molecular complexity index is 855. The topological polar surface area (TPSA) is 62.3 Å². The van der Waals surface area contributed by atoms with Gasteiger partial charge in [-0.15, -0.1) is 0 Å². The molecule has 1 N–H and O–H groups in total. The van der Waals surface area contributed by atoms with Gasteiger partial charge in [0, 0.05) is 31.9 Å². The average Bonchev–Trinajstić information content (AvgIpc) is 3.02. The normalized spacial score (nSPS) is 18.2. The van der Waals surface area contributed by atoms with E-state index in [4.69, 9.17) is 0 Å². The van der Waals surface area contributed by atoms with E-state index in [0.29, 0.717) is 5.56 Å². The second-order valence-corrected chi connectivity index (χ2v) is 6.88. The molecule has 1 aromatic heterocycles. The summed E-state index contributed by atoms with van der Waals surface area (Å²) in [5, 5.41) is 2.88. The SMILES string of the molecule is CC(NC(=O)C1CC(=O)N(Cc2cccc(C(F)(F)F)c2)C1)c1ccncc1. The fourth-order valence-corrected chi connectivity index (χ4v) is 3.23. The van der Waals surface area contributed by atoms with Crippen molar-refractivity contribution in [1.29, 1.82) is 0 Å². The molecule has 1 aromatic carbocycles. The van der Waals surface area contributed by atoms with Crippen LogP contribution in [0.25, 0.3) is 0 Å². The predicted molar refractivity (Wildman–Crippen MR) is 95.8 cm³/mol. The van der Waals surface area contributed by atoms with Crippen LogP contribution in [0.2, 0.25) is 0 Å². The Kier molecular flexibility index (Phi) is 5.67. The van der Waals surface area contributed by atoms with Crippen LogP contribution in [0.15, 0.2) is 48.8 Å². The molecule has 5 nitrogen and oxygen atoms in total. The molecular formula is C20H20F3N3O2. The number of rotatable bonds is 5. The number of benzene rings is 1. The number of alkyl halides is 3. The second-order valence-electron chi connectivity index (χ2n) is 6.88. The van der Waals surface area contributed by atoms with E-state index in [1.54, 1.807) is 30.6 Å². The number of carbonyl (C=O) groups excluding carboxylic acids is 2. The third-order valence-corrected chi connectivity index (χ3v) is 4.78. The molecule has 0 saturated carbocycles. The summed E-state index contributed by atoms with van der Waals surface area (Å²) in [5.41, 5.74) is 0.528. The average molecular weight is 391 g/mol. The lowest BCUT2D eigenvalue weighted by atomic mass is 10.1. The van der Waals surface area contributed by atoms with Crippen LogP contribution in [0.4, 0.5) is 13.2 Å². The van der Waals surface area contributed by atoms with Gasteiger partial charge in [-0.2, -0.15) is 13.2 Å². The minimum Gasteiger partial charge on any atom is -0.349 e. The minimum absolute atomic E-state index is 0.0481. The molecule has 2 atom stereocenters. The number of nitrogens with zero attached hydrogens (tertiary/aromatic N) is 2. The van der Waals surface area contributed by atoms with E-state index in [2.05, 4.69) is 10.3 Å². The van der Waals surface area contributed by atoms with E-state index < -0.39 is 17.7 Å². The zero-order valence-electron chi connectivity index (χ0n) is 15.2. The van der Waals surface area contributed by atoms with Crippen LogP contribution in [-0.2, 0) is 22.3 Å². The lowest BCUT2D eigenvalue weighted by Gasteiger charge is -2.19. The van der Waals surface area contributed by atoms with Crippen LogP contribution in [0, 0.1) is 5.92 Å². The van der Waals surface area contributed by atoms with Crippen LogP contribution >= 0.6 is 0 Å².